The van der Waals surface area contributed by atoms with Gasteiger partial charge in [-0.1, -0.05) is 5.10 Å². The Morgan fingerprint density at radius 3 is 2.71 bits per heavy atom. The summed E-state index contributed by atoms with van der Waals surface area (Å²) in [5.74, 6) is -1.46. The summed E-state index contributed by atoms with van der Waals surface area (Å²) in [4.78, 5) is 22.1. The number of aromatic nitrogens is 2. The summed E-state index contributed by atoms with van der Waals surface area (Å²) in [6.45, 7) is -3.03. The van der Waals surface area contributed by atoms with Crippen LogP contribution in [-0.4, -0.2) is 34.7 Å². The summed E-state index contributed by atoms with van der Waals surface area (Å²) in [6, 6.07) is 3.74. The average Bonchev–Trinajstić information content (AvgIpc) is 2.90. The molecule has 2 N–H and O–H groups in total. The summed E-state index contributed by atoms with van der Waals surface area (Å²) in [6.07, 6.45) is 0. The number of benzene rings is 1. The normalized spacial score (nSPS) is 10.5. The topological polar surface area (TPSA) is 119 Å². The third-order valence-corrected chi connectivity index (χ3v) is 3.48. The van der Waals surface area contributed by atoms with Crippen LogP contribution in [0.4, 0.5) is 20.3 Å². The first kappa shape index (κ1) is 17.6. The molecule has 1 heterocycles. The van der Waals surface area contributed by atoms with Crippen molar-refractivity contribution in [2.24, 2.45) is 0 Å². The summed E-state index contributed by atoms with van der Waals surface area (Å²) in [7, 11) is 1.24. The molecule has 2 rings (SSSR count). The van der Waals surface area contributed by atoms with E-state index in [-0.39, 0.29) is 27.4 Å². The number of carbonyl (C=O) groups excluding carboxylic acids is 1. The minimum Gasteiger partial charge on any atom is -0.493 e. The number of anilines is 1. The molecule has 128 valence electrons. The monoisotopic (exact) mass is 406 g/mol. The molecule has 0 fully saturated rings. The zero-order chi connectivity index (χ0) is 17.9. The smallest absolute Gasteiger partial charge is 0.387 e. The molecule has 0 unspecified atom stereocenters. The molecular formula is C12H9BrF2N4O5. The second-order valence-corrected chi connectivity index (χ2v) is 4.98. The summed E-state index contributed by atoms with van der Waals surface area (Å²) in [5, 5.41) is 18.8. The molecular weight excluding hydrogens is 398 g/mol. The van der Waals surface area contributed by atoms with Gasteiger partial charge in [-0.25, -0.2) is 0 Å². The lowest BCUT2D eigenvalue weighted by Gasteiger charge is -2.11. The number of hydrogen-bond acceptors (Lipinski definition) is 6. The van der Waals surface area contributed by atoms with Gasteiger partial charge in [0.15, 0.2) is 17.2 Å². The number of ether oxygens (including phenoxy) is 2. The number of nitrogens with zero attached hydrogens (tertiary/aromatic N) is 2. The summed E-state index contributed by atoms with van der Waals surface area (Å²) < 4.78 is 33.6. The largest absolute Gasteiger partial charge is 0.493 e. The van der Waals surface area contributed by atoms with E-state index in [0.717, 1.165) is 0 Å². The van der Waals surface area contributed by atoms with Crippen molar-refractivity contribution in [1.82, 2.24) is 10.2 Å². The predicted molar refractivity (Wildman–Crippen MR) is 80.5 cm³/mol. The van der Waals surface area contributed by atoms with Gasteiger partial charge in [0.25, 0.3) is 5.91 Å². The molecule has 9 nitrogen and oxygen atoms in total. The maximum Gasteiger partial charge on any atom is 0.387 e. The van der Waals surface area contributed by atoms with Crippen LogP contribution < -0.4 is 14.8 Å². The van der Waals surface area contributed by atoms with Crippen LogP contribution in [0.2, 0.25) is 0 Å². The van der Waals surface area contributed by atoms with Crippen molar-refractivity contribution >= 4 is 33.3 Å². The molecule has 1 aromatic carbocycles. The van der Waals surface area contributed by atoms with Crippen LogP contribution >= 0.6 is 15.9 Å². The van der Waals surface area contributed by atoms with Crippen LogP contribution in [0.5, 0.6) is 11.5 Å². The lowest BCUT2D eigenvalue weighted by atomic mass is 10.2. The number of nitro groups is 1. The summed E-state index contributed by atoms with van der Waals surface area (Å²) in [5.41, 5.74) is -0.0513. The fourth-order valence-electron chi connectivity index (χ4n) is 1.72. The molecule has 0 aliphatic heterocycles. The molecule has 0 radical (unpaired) electrons. The van der Waals surface area contributed by atoms with Crippen molar-refractivity contribution in [2.75, 3.05) is 12.4 Å². The molecule has 2 aromatic rings. The number of amides is 1. The number of hydrogen-bond donors (Lipinski definition) is 2. The SMILES string of the molecule is COc1cc(NC(=O)c2n[nH]c([N+](=O)[O-])c2Br)ccc1OC(F)F. The Bertz CT molecular complexity index is 783. The van der Waals surface area contributed by atoms with E-state index < -0.39 is 23.3 Å². The van der Waals surface area contributed by atoms with Crippen LogP contribution in [0.15, 0.2) is 22.7 Å². The Balaban J connectivity index is 2.21. The number of halogens is 3. The fraction of sp³-hybridized carbons (Fsp3) is 0.167. The van der Waals surface area contributed by atoms with E-state index in [0.29, 0.717) is 0 Å². The Hall–Kier alpha value is -2.76. The molecule has 0 bridgehead atoms. The first-order valence-electron chi connectivity index (χ1n) is 6.16. The number of rotatable bonds is 6. The van der Waals surface area contributed by atoms with Crippen LogP contribution in [0.1, 0.15) is 10.5 Å². The number of carbonyl (C=O) groups is 1. The van der Waals surface area contributed by atoms with Gasteiger partial charge >= 0.3 is 12.4 Å². The molecule has 0 atom stereocenters. The van der Waals surface area contributed by atoms with E-state index in [2.05, 4.69) is 36.2 Å². The highest BCUT2D eigenvalue weighted by molar-refractivity contribution is 9.10. The first-order valence-corrected chi connectivity index (χ1v) is 6.95. The average molecular weight is 407 g/mol. The van der Waals surface area contributed by atoms with Crippen molar-refractivity contribution < 1.29 is 28.0 Å². The molecule has 0 saturated heterocycles. The molecule has 1 amide bonds. The van der Waals surface area contributed by atoms with E-state index in [1.807, 2.05) is 0 Å². The van der Waals surface area contributed by atoms with Gasteiger partial charge in [-0.3, -0.25) is 4.79 Å². The van der Waals surface area contributed by atoms with Gasteiger partial charge in [0.05, 0.1) is 7.11 Å². The van der Waals surface area contributed by atoms with E-state index in [4.69, 9.17) is 4.74 Å². The van der Waals surface area contributed by atoms with Crippen LogP contribution in [0.3, 0.4) is 0 Å². The maximum absolute atomic E-state index is 12.3. The quantitative estimate of drug-likeness (QED) is 0.562. The molecule has 24 heavy (non-hydrogen) atoms. The number of aromatic amines is 1. The van der Waals surface area contributed by atoms with Crippen LogP contribution in [0, 0.1) is 10.1 Å². The third kappa shape index (κ3) is 3.76. The van der Waals surface area contributed by atoms with Crippen molar-refractivity contribution in [3.8, 4) is 11.5 Å². The van der Waals surface area contributed by atoms with Gasteiger partial charge in [-0.05, 0) is 33.0 Å². The van der Waals surface area contributed by atoms with Gasteiger partial charge in [0, 0.05) is 11.8 Å². The lowest BCUT2D eigenvalue weighted by molar-refractivity contribution is -0.390. The van der Waals surface area contributed by atoms with Crippen LogP contribution in [-0.2, 0) is 0 Å². The number of H-pyrrole nitrogens is 1. The van der Waals surface area contributed by atoms with Crippen molar-refractivity contribution in [1.29, 1.82) is 0 Å². The zero-order valence-electron chi connectivity index (χ0n) is 11.9. The Morgan fingerprint density at radius 1 is 1.46 bits per heavy atom. The van der Waals surface area contributed by atoms with E-state index in [1.54, 1.807) is 0 Å². The Labute approximate surface area is 141 Å². The standard InChI is InChI=1S/C12H9BrF2N4O5/c1-23-7-4-5(2-3-6(7)24-12(14)15)16-11(20)9-8(13)10(18-17-9)19(21)22/h2-4,12H,1H3,(H,16,20)(H,17,18). The number of alkyl halides is 2. The second kappa shape index (κ2) is 7.21. The summed E-state index contributed by atoms with van der Waals surface area (Å²) >= 11 is 2.91. The van der Waals surface area contributed by atoms with Gasteiger partial charge in [0.1, 0.15) is 4.47 Å². The maximum atomic E-state index is 12.3. The second-order valence-electron chi connectivity index (χ2n) is 4.19. The zero-order valence-corrected chi connectivity index (χ0v) is 13.5. The highest BCUT2D eigenvalue weighted by atomic mass is 79.9. The van der Waals surface area contributed by atoms with Crippen molar-refractivity contribution in [3.05, 3.63) is 38.5 Å². The minimum atomic E-state index is -3.03. The molecule has 0 aliphatic rings. The highest BCUT2D eigenvalue weighted by Gasteiger charge is 2.25. The fourth-order valence-corrected chi connectivity index (χ4v) is 2.22. The lowest BCUT2D eigenvalue weighted by Crippen LogP contribution is -2.13. The Morgan fingerprint density at radius 2 is 2.17 bits per heavy atom. The van der Waals surface area contributed by atoms with Gasteiger partial charge in [-0.2, -0.15) is 8.78 Å². The molecule has 0 saturated carbocycles. The van der Waals surface area contributed by atoms with Crippen LogP contribution in [0.25, 0.3) is 0 Å². The first-order chi connectivity index (χ1) is 11.3. The Kier molecular flexibility index (Phi) is 5.28. The van der Waals surface area contributed by atoms with Crippen molar-refractivity contribution in [2.45, 2.75) is 6.61 Å². The molecule has 0 aliphatic carbocycles. The predicted octanol–water partition coefficient (Wildman–Crippen LogP) is 2.94. The van der Waals surface area contributed by atoms with E-state index >= 15 is 0 Å². The van der Waals surface area contributed by atoms with Gasteiger partial charge in [-0.15, -0.1) is 5.10 Å². The molecule has 1 aromatic heterocycles. The number of methoxy groups -OCH3 is 1. The van der Waals surface area contributed by atoms with Crippen molar-refractivity contribution in [3.63, 3.8) is 0 Å². The molecule has 0 spiro atoms. The van der Waals surface area contributed by atoms with Gasteiger partial charge in [0.2, 0.25) is 0 Å². The minimum absolute atomic E-state index is 0.0276. The number of nitrogens with one attached hydrogen (secondary N) is 2. The van der Waals surface area contributed by atoms with Gasteiger partial charge < -0.3 is 24.9 Å². The molecule has 12 heteroatoms. The highest BCUT2D eigenvalue weighted by Crippen LogP contribution is 2.32. The third-order valence-electron chi connectivity index (χ3n) is 2.72. The van der Waals surface area contributed by atoms with E-state index in [1.165, 1.54) is 25.3 Å². The van der Waals surface area contributed by atoms with E-state index in [9.17, 15) is 23.7 Å².